The van der Waals surface area contributed by atoms with Crippen molar-refractivity contribution in [1.82, 2.24) is 14.0 Å². The Labute approximate surface area is 126 Å². The fourth-order valence-electron chi connectivity index (χ4n) is 1.95. The molecule has 116 valence electrons. The van der Waals surface area contributed by atoms with Crippen LogP contribution in [-0.2, 0) is 25.4 Å². The van der Waals surface area contributed by atoms with Gasteiger partial charge in [-0.2, -0.15) is 0 Å². The number of amides is 1. The highest BCUT2D eigenvalue weighted by atomic mass is 16.3. The molecule has 0 saturated heterocycles. The number of hydrogen-bond acceptors (Lipinski definition) is 4. The molecule has 0 spiro atoms. The van der Waals surface area contributed by atoms with Gasteiger partial charge in [0.25, 0.3) is 5.56 Å². The standard InChI is InChI=1S/C15H17N3O4/c1-16(10-12-5-4-8-22-12)13(19)7-6-11-9-17(2)15(21)18(3)14(11)20/h4-9H,10H2,1-3H3/b7-6+. The lowest BCUT2D eigenvalue weighted by molar-refractivity contribution is -0.125. The molecule has 7 nitrogen and oxygen atoms in total. The molecule has 7 heteroatoms. The SMILES string of the molecule is CN(Cc1ccco1)C(=O)/C=C/c1cn(C)c(=O)n(C)c1=O. The van der Waals surface area contributed by atoms with E-state index in [1.54, 1.807) is 26.2 Å². The van der Waals surface area contributed by atoms with E-state index in [-0.39, 0.29) is 11.5 Å². The molecule has 2 heterocycles. The minimum Gasteiger partial charge on any atom is -0.467 e. The van der Waals surface area contributed by atoms with E-state index < -0.39 is 11.2 Å². The lowest BCUT2D eigenvalue weighted by Gasteiger charge is -2.12. The number of furan rings is 1. The Bertz CT molecular complexity index is 812. The molecule has 22 heavy (non-hydrogen) atoms. The molecule has 0 unspecified atom stereocenters. The summed E-state index contributed by atoms with van der Waals surface area (Å²) in [5.41, 5.74) is -0.589. The van der Waals surface area contributed by atoms with E-state index in [2.05, 4.69) is 0 Å². The zero-order valence-electron chi connectivity index (χ0n) is 12.6. The number of nitrogens with zero attached hydrogens (tertiary/aromatic N) is 3. The molecule has 0 fully saturated rings. The van der Waals surface area contributed by atoms with Crippen LogP contribution in [0.15, 0.2) is 44.7 Å². The van der Waals surface area contributed by atoms with Gasteiger partial charge in [0.2, 0.25) is 5.91 Å². The van der Waals surface area contributed by atoms with Gasteiger partial charge in [0, 0.05) is 33.4 Å². The minimum absolute atomic E-state index is 0.268. The second-order valence-corrected chi connectivity index (χ2v) is 4.95. The summed E-state index contributed by atoms with van der Waals surface area (Å²) >= 11 is 0. The number of carbonyl (C=O) groups is 1. The Balaban J connectivity index is 2.16. The van der Waals surface area contributed by atoms with Gasteiger partial charge in [-0.25, -0.2) is 4.79 Å². The quantitative estimate of drug-likeness (QED) is 0.764. The van der Waals surface area contributed by atoms with Crippen molar-refractivity contribution < 1.29 is 9.21 Å². The van der Waals surface area contributed by atoms with Crippen LogP contribution in [0.25, 0.3) is 6.08 Å². The third kappa shape index (κ3) is 3.25. The van der Waals surface area contributed by atoms with Crippen molar-refractivity contribution in [2.45, 2.75) is 6.54 Å². The van der Waals surface area contributed by atoms with Gasteiger partial charge >= 0.3 is 5.69 Å². The van der Waals surface area contributed by atoms with Gasteiger partial charge in [-0.05, 0) is 18.2 Å². The molecule has 0 bridgehead atoms. The summed E-state index contributed by atoms with van der Waals surface area (Å²) in [6, 6.07) is 3.52. The summed E-state index contributed by atoms with van der Waals surface area (Å²) in [5.74, 6) is 0.398. The smallest absolute Gasteiger partial charge is 0.330 e. The monoisotopic (exact) mass is 303 g/mol. The first-order chi connectivity index (χ1) is 10.4. The molecule has 0 saturated carbocycles. The zero-order valence-corrected chi connectivity index (χ0v) is 12.6. The van der Waals surface area contributed by atoms with Crippen LogP contribution >= 0.6 is 0 Å². The van der Waals surface area contributed by atoms with Crippen LogP contribution in [0.5, 0.6) is 0 Å². The molecule has 2 aromatic heterocycles. The second-order valence-electron chi connectivity index (χ2n) is 4.95. The zero-order chi connectivity index (χ0) is 16.3. The Morgan fingerprint density at radius 3 is 2.73 bits per heavy atom. The normalized spacial score (nSPS) is 11.0. The van der Waals surface area contributed by atoms with Crippen LogP contribution in [-0.4, -0.2) is 27.0 Å². The summed E-state index contributed by atoms with van der Waals surface area (Å²) in [4.78, 5) is 37.0. The molecule has 0 aliphatic heterocycles. The highest BCUT2D eigenvalue weighted by Crippen LogP contribution is 2.04. The van der Waals surface area contributed by atoms with Gasteiger partial charge in [-0.1, -0.05) is 0 Å². The number of carbonyl (C=O) groups excluding carboxylic acids is 1. The van der Waals surface area contributed by atoms with E-state index in [0.29, 0.717) is 12.3 Å². The van der Waals surface area contributed by atoms with E-state index in [1.165, 1.54) is 41.1 Å². The van der Waals surface area contributed by atoms with Crippen molar-refractivity contribution in [3.05, 3.63) is 62.8 Å². The largest absolute Gasteiger partial charge is 0.467 e. The molecular formula is C15H17N3O4. The minimum atomic E-state index is -0.444. The van der Waals surface area contributed by atoms with E-state index in [1.807, 2.05) is 0 Å². The van der Waals surface area contributed by atoms with Crippen LogP contribution in [0, 0.1) is 0 Å². The van der Waals surface area contributed by atoms with Gasteiger partial charge in [0.1, 0.15) is 5.76 Å². The fraction of sp³-hybridized carbons (Fsp3) is 0.267. The van der Waals surface area contributed by atoms with Gasteiger partial charge < -0.3 is 13.9 Å². The van der Waals surface area contributed by atoms with Gasteiger partial charge in [0.15, 0.2) is 0 Å². The Hall–Kier alpha value is -2.83. The topological polar surface area (TPSA) is 77.5 Å². The number of likely N-dealkylation sites (N-methyl/N-ethyl adjacent to an activating group) is 1. The van der Waals surface area contributed by atoms with Crippen LogP contribution in [0.4, 0.5) is 0 Å². The molecule has 0 aliphatic carbocycles. The fourth-order valence-corrected chi connectivity index (χ4v) is 1.95. The van der Waals surface area contributed by atoms with Crippen molar-refractivity contribution in [1.29, 1.82) is 0 Å². The summed E-state index contributed by atoms with van der Waals surface area (Å²) in [6.07, 6.45) is 5.64. The van der Waals surface area contributed by atoms with Gasteiger partial charge in [0.05, 0.1) is 18.4 Å². The van der Waals surface area contributed by atoms with Crippen LogP contribution < -0.4 is 11.2 Å². The number of aromatic nitrogens is 2. The van der Waals surface area contributed by atoms with E-state index in [0.717, 1.165) is 4.57 Å². The van der Waals surface area contributed by atoms with Crippen molar-refractivity contribution in [3.8, 4) is 0 Å². The van der Waals surface area contributed by atoms with E-state index in [9.17, 15) is 14.4 Å². The maximum absolute atomic E-state index is 12.0. The number of aryl methyl sites for hydroxylation is 1. The molecule has 1 amide bonds. The average molecular weight is 303 g/mol. The predicted molar refractivity (Wildman–Crippen MR) is 81.1 cm³/mol. The predicted octanol–water partition coefficient (Wildman–Crippen LogP) is 0.349. The maximum atomic E-state index is 12.0. The summed E-state index contributed by atoms with van der Waals surface area (Å²) in [5, 5.41) is 0. The first-order valence-electron chi connectivity index (χ1n) is 6.62. The van der Waals surface area contributed by atoms with Crippen molar-refractivity contribution in [2.75, 3.05) is 7.05 Å². The first kappa shape index (κ1) is 15.6. The lowest BCUT2D eigenvalue weighted by atomic mass is 10.3. The van der Waals surface area contributed by atoms with Gasteiger partial charge in [-0.3, -0.25) is 14.2 Å². The lowest BCUT2D eigenvalue weighted by Crippen LogP contribution is -2.37. The molecule has 2 rings (SSSR count). The molecule has 2 aromatic rings. The van der Waals surface area contributed by atoms with Crippen LogP contribution in [0.3, 0.4) is 0 Å². The summed E-state index contributed by atoms with van der Waals surface area (Å²) in [7, 11) is 4.57. The molecular weight excluding hydrogens is 286 g/mol. The van der Waals surface area contributed by atoms with Crippen molar-refractivity contribution in [3.63, 3.8) is 0 Å². The van der Waals surface area contributed by atoms with E-state index in [4.69, 9.17) is 4.42 Å². The van der Waals surface area contributed by atoms with Crippen molar-refractivity contribution in [2.24, 2.45) is 14.1 Å². The second kappa shape index (κ2) is 6.30. The molecule has 0 aromatic carbocycles. The summed E-state index contributed by atoms with van der Waals surface area (Å²) in [6.45, 7) is 0.335. The Kier molecular flexibility index (Phi) is 4.45. The third-order valence-corrected chi connectivity index (χ3v) is 3.23. The van der Waals surface area contributed by atoms with Crippen molar-refractivity contribution >= 4 is 12.0 Å². The molecule has 0 aliphatic rings. The Morgan fingerprint density at radius 1 is 1.36 bits per heavy atom. The Morgan fingerprint density at radius 2 is 2.09 bits per heavy atom. The molecule has 0 radical (unpaired) electrons. The molecule has 0 atom stereocenters. The first-order valence-corrected chi connectivity index (χ1v) is 6.62. The van der Waals surface area contributed by atoms with Gasteiger partial charge in [-0.15, -0.1) is 0 Å². The van der Waals surface area contributed by atoms with E-state index >= 15 is 0 Å². The number of hydrogen-bond donors (Lipinski definition) is 0. The average Bonchev–Trinajstić information content (AvgIpc) is 3.00. The highest BCUT2D eigenvalue weighted by Gasteiger charge is 2.09. The highest BCUT2D eigenvalue weighted by molar-refractivity contribution is 5.91. The van der Waals surface area contributed by atoms with Crippen LogP contribution in [0.2, 0.25) is 0 Å². The summed E-state index contributed by atoms with van der Waals surface area (Å²) < 4.78 is 7.46. The van der Waals surface area contributed by atoms with Crippen LogP contribution in [0.1, 0.15) is 11.3 Å². The third-order valence-electron chi connectivity index (χ3n) is 3.23. The number of rotatable bonds is 4. The molecule has 0 N–H and O–H groups in total. The maximum Gasteiger partial charge on any atom is 0.330 e.